The second-order valence-electron chi connectivity index (χ2n) is 4.94. The van der Waals surface area contributed by atoms with Gasteiger partial charge in [-0.05, 0) is 30.7 Å². The van der Waals surface area contributed by atoms with Crippen LogP contribution in [0.3, 0.4) is 0 Å². The number of sulfone groups is 1. The van der Waals surface area contributed by atoms with E-state index >= 15 is 0 Å². The molecule has 1 aromatic rings. The predicted molar refractivity (Wildman–Crippen MR) is 86.9 cm³/mol. The Kier molecular flexibility index (Phi) is 4.92. The van der Waals surface area contributed by atoms with Crippen molar-refractivity contribution in [1.82, 2.24) is 4.31 Å². The third kappa shape index (κ3) is 4.15. The fraction of sp³-hybridized carbons (Fsp3) is 0.385. The van der Waals surface area contributed by atoms with Gasteiger partial charge in [-0.15, -0.1) is 0 Å². The first-order valence-corrected chi connectivity index (χ1v) is 10.4. The van der Waals surface area contributed by atoms with Crippen LogP contribution < -0.4 is 0 Å². The van der Waals surface area contributed by atoms with Gasteiger partial charge in [0, 0.05) is 23.0 Å². The van der Waals surface area contributed by atoms with Crippen molar-refractivity contribution in [2.75, 3.05) is 18.8 Å². The Hall–Kier alpha value is -0.700. The second-order valence-corrected chi connectivity index (χ2v) is 10.2. The molecule has 1 heterocycles. The van der Waals surface area contributed by atoms with Crippen molar-refractivity contribution >= 4 is 41.9 Å². The van der Waals surface area contributed by atoms with Crippen LogP contribution in [0.1, 0.15) is 12.5 Å². The molecule has 1 saturated heterocycles. The van der Waals surface area contributed by atoms with E-state index in [9.17, 15) is 16.8 Å². The van der Waals surface area contributed by atoms with E-state index in [2.05, 4.69) is 15.9 Å². The highest BCUT2D eigenvalue weighted by Crippen LogP contribution is 2.18. The zero-order chi connectivity index (χ0) is 15.7. The molecular formula is C13H16BrNO4S2. The molecule has 8 heteroatoms. The van der Waals surface area contributed by atoms with Crippen molar-refractivity contribution in [2.24, 2.45) is 0 Å². The summed E-state index contributed by atoms with van der Waals surface area (Å²) in [5.41, 5.74) is 0.755. The van der Waals surface area contributed by atoms with Crippen molar-refractivity contribution in [3.05, 3.63) is 39.7 Å². The zero-order valence-electron chi connectivity index (χ0n) is 11.4. The molecule has 0 aromatic heterocycles. The molecule has 21 heavy (non-hydrogen) atoms. The molecule has 1 fully saturated rings. The smallest absolute Gasteiger partial charge is 0.228 e. The lowest BCUT2D eigenvalue weighted by atomic mass is 10.2. The lowest BCUT2D eigenvalue weighted by Crippen LogP contribution is -2.47. The quantitative estimate of drug-likeness (QED) is 0.785. The summed E-state index contributed by atoms with van der Waals surface area (Å²) in [6.07, 6.45) is 1.51. The molecule has 0 amide bonds. The second kappa shape index (κ2) is 6.20. The van der Waals surface area contributed by atoms with E-state index in [1.54, 1.807) is 12.1 Å². The van der Waals surface area contributed by atoms with Crippen molar-refractivity contribution < 1.29 is 16.8 Å². The number of rotatable bonds is 3. The van der Waals surface area contributed by atoms with Gasteiger partial charge in [0.25, 0.3) is 0 Å². The van der Waals surface area contributed by atoms with Crippen LogP contribution >= 0.6 is 15.9 Å². The molecule has 1 atom stereocenters. The number of hydrogen-bond acceptors (Lipinski definition) is 4. The number of sulfonamides is 1. The minimum absolute atomic E-state index is 0.00743. The number of hydrogen-bond donors (Lipinski definition) is 0. The molecule has 0 unspecified atom stereocenters. The van der Waals surface area contributed by atoms with Crippen LogP contribution in [0.25, 0.3) is 6.08 Å². The van der Waals surface area contributed by atoms with E-state index in [0.717, 1.165) is 15.4 Å². The van der Waals surface area contributed by atoms with Crippen LogP contribution in [-0.4, -0.2) is 45.2 Å². The van der Waals surface area contributed by atoms with Gasteiger partial charge in [0.1, 0.15) is 0 Å². The molecule has 0 radical (unpaired) electrons. The Bertz CT molecular complexity index is 756. The van der Waals surface area contributed by atoms with Gasteiger partial charge >= 0.3 is 0 Å². The number of halogens is 1. The van der Waals surface area contributed by atoms with Crippen LogP contribution in [0, 0.1) is 0 Å². The lowest BCUT2D eigenvalue weighted by molar-refractivity contribution is 0.413. The highest BCUT2D eigenvalue weighted by Gasteiger charge is 2.34. The molecule has 0 N–H and O–H groups in total. The summed E-state index contributed by atoms with van der Waals surface area (Å²) in [7, 11) is -6.77. The van der Waals surface area contributed by atoms with E-state index < -0.39 is 25.1 Å². The maximum absolute atomic E-state index is 12.2. The molecule has 0 aliphatic carbocycles. The summed E-state index contributed by atoms with van der Waals surface area (Å²) in [5.74, 6) is -0.127. The van der Waals surface area contributed by atoms with Crippen LogP contribution in [0.5, 0.6) is 0 Å². The van der Waals surface area contributed by atoms with Gasteiger partial charge in [0.2, 0.25) is 10.0 Å². The lowest BCUT2D eigenvalue weighted by Gasteiger charge is -2.28. The molecule has 0 bridgehead atoms. The molecule has 1 aliphatic rings. The first-order chi connectivity index (χ1) is 9.71. The van der Waals surface area contributed by atoms with Crippen LogP contribution in [0.2, 0.25) is 0 Å². The Morgan fingerprint density at radius 3 is 2.71 bits per heavy atom. The summed E-state index contributed by atoms with van der Waals surface area (Å²) in [4.78, 5) is 0. The fourth-order valence-corrected chi connectivity index (χ4v) is 5.20. The van der Waals surface area contributed by atoms with Crippen LogP contribution in [0.4, 0.5) is 0 Å². The molecular weight excluding hydrogens is 378 g/mol. The fourth-order valence-electron chi connectivity index (χ4n) is 2.01. The zero-order valence-corrected chi connectivity index (χ0v) is 14.7. The van der Waals surface area contributed by atoms with Crippen molar-refractivity contribution in [3.63, 3.8) is 0 Å². The van der Waals surface area contributed by atoms with Crippen molar-refractivity contribution in [3.8, 4) is 0 Å². The monoisotopic (exact) mass is 393 g/mol. The Morgan fingerprint density at radius 1 is 1.38 bits per heavy atom. The van der Waals surface area contributed by atoms with E-state index in [1.807, 2.05) is 12.1 Å². The van der Waals surface area contributed by atoms with Gasteiger partial charge in [0.05, 0.1) is 11.0 Å². The molecule has 116 valence electrons. The molecule has 5 nitrogen and oxygen atoms in total. The first-order valence-electron chi connectivity index (χ1n) is 6.36. The summed E-state index contributed by atoms with van der Waals surface area (Å²) in [6.45, 7) is 1.56. The van der Waals surface area contributed by atoms with Gasteiger partial charge < -0.3 is 0 Å². The van der Waals surface area contributed by atoms with E-state index in [0.29, 0.717) is 0 Å². The van der Waals surface area contributed by atoms with Gasteiger partial charge in [-0.3, -0.25) is 0 Å². The molecule has 2 rings (SSSR count). The highest BCUT2D eigenvalue weighted by atomic mass is 79.9. The van der Waals surface area contributed by atoms with E-state index in [1.165, 1.54) is 17.3 Å². The average Bonchev–Trinajstić information content (AvgIpc) is 2.40. The topological polar surface area (TPSA) is 71.5 Å². The minimum Gasteiger partial charge on any atom is -0.228 e. The number of nitrogens with zero attached hydrogens (tertiary/aromatic N) is 1. The SMILES string of the molecule is C[C@H]1CN(S(=O)(=O)/C=C/c2cccc(Br)c2)CCS1(=O)=O. The molecule has 0 saturated carbocycles. The number of benzene rings is 1. The largest absolute Gasteiger partial charge is 0.236 e. The summed E-state index contributed by atoms with van der Waals surface area (Å²) >= 11 is 3.32. The van der Waals surface area contributed by atoms with Gasteiger partial charge in [-0.25, -0.2) is 16.8 Å². The van der Waals surface area contributed by atoms with Crippen molar-refractivity contribution in [1.29, 1.82) is 0 Å². The molecule has 1 aliphatic heterocycles. The third-order valence-corrected chi connectivity index (χ3v) is 7.49. The normalized spacial score (nSPS) is 23.4. The van der Waals surface area contributed by atoms with E-state index in [-0.39, 0.29) is 18.8 Å². The Labute approximate surface area is 133 Å². The predicted octanol–water partition coefficient (Wildman–Crippen LogP) is 1.87. The van der Waals surface area contributed by atoms with Crippen LogP contribution in [0.15, 0.2) is 34.1 Å². The van der Waals surface area contributed by atoms with Gasteiger partial charge in [-0.2, -0.15) is 4.31 Å². The maximum Gasteiger partial charge on any atom is 0.236 e. The minimum atomic E-state index is -3.60. The van der Waals surface area contributed by atoms with Crippen molar-refractivity contribution in [2.45, 2.75) is 12.2 Å². The van der Waals surface area contributed by atoms with Gasteiger partial charge in [0.15, 0.2) is 9.84 Å². The summed E-state index contributed by atoms with van der Waals surface area (Å²) < 4.78 is 49.8. The Morgan fingerprint density at radius 2 is 2.10 bits per heavy atom. The highest BCUT2D eigenvalue weighted by molar-refractivity contribution is 9.10. The van der Waals surface area contributed by atoms with E-state index in [4.69, 9.17) is 0 Å². The molecule has 1 aromatic carbocycles. The maximum atomic E-state index is 12.2. The summed E-state index contributed by atoms with van der Waals surface area (Å²) in [6, 6.07) is 7.25. The standard InChI is InChI=1S/C13H16BrNO4S2/c1-11-10-15(6-8-20(11,16)17)21(18,19)7-5-12-3-2-4-13(14)9-12/h2-5,7,9,11H,6,8,10H2,1H3/b7-5+/t11-/m0/s1. The summed E-state index contributed by atoms with van der Waals surface area (Å²) in [5, 5.41) is 0.458. The Balaban J connectivity index is 2.16. The first kappa shape index (κ1) is 16.7. The average molecular weight is 394 g/mol. The molecule has 0 spiro atoms. The van der Waals surface area contributed by atoms with Crippen LogP contribution in [-0.2, 0) is 19.9 Å². The third-order valence-electron chi connectivity index (χ3n) is 3.34. The van der Waals surface area contributed by atoms with Gasteiger partial charge in [-0.1, -0.05) is 28.1 Å².